The van der Waals surface area contributed by atoms with Gasteiger partial charge in [0.05, 0.1) is 5.69 Å². The number of hydrogen-bond donors (Lipinski definition) is 1. The van der Waals surface area contributed by atoms with Crippen LogP contribution < -0.4 is 5.73 Å². The normalized spacial score (nSPS) is 20.7. The summed E-state index contributed by atoms with van der Waals surface area (Å²) in [5, 5.41) is 4.42. The van der Waals surface area contributed by atoms with Crippen LogP contribution in [0.15, 0.2) is 6.07 Å². The average Bonchev–Trinajstić information content (AvgIpc) is 2.73. The van der Waals surface area contributed by atoms with Gasteiger partial charge in [0.2, 0.25) is 0 Å². The van der Waals surface area contributed by atoms with Crippen LogP contribution >= 0.6 is 0 Å². The van der Waals surface area contributed by atoms with Gasteiger partial charge >= 0.3 is 0 Å². The predicted molar refractivity (Wildman–Crippen MR) is 61.7 cm³/mol. The minimum atomic E-state index is 0.0361. The molecule has 1 saturated carbocycles. The van der Waals surface area contributed by atoms with E-state index in [0.29, 0.717) is 11.8 Å². The van der Waals surface area contributed by atoms with Crippen molar-refractivity contribution in [2.45, 2.75) is 45.1 Å². The zero-order chi connectivity index (χ0) is 11.2. The van der Waals surface area contributed by atoms with E-state index in [-0.39, 0.29) is 5.54 Å². The van der Waals surface area contributed by atoms with Crippen molar-refractivity contribution in [1.29, 1.82) is 0 Å². The molecule has 0 radical (unpaired) electrons. The number of rotatable bonds is 3. The largest absolute Gasteiger partial charge is 0.324 e. The van der Waals surface area contributed by atoms with Crippen LogP contribution in [0.1, 0.15) is 44.0 Å². The van der Waals surface area contributed by atoms with E-state index in [2.05, 4.69) is 25.0 Å². The molecule has 15 heavy (non-hydrogen) atoms. The standard InChI is InChI=1S/C12H21N3/c1-8(2)11(12(13)5-6-12)10-7-9(3)14-15(10)4/h7-8,11H,5-6,13H2,1-4H3. The molecular formula is C12H21N3. The molecule has 1 unspecified atom stereocenters. The fourth-order valence-electron chi connectivity index (χ4n) is 2.68. The SMILES string of the molecule is Cc1cc(C(C(C)C)C2(N)CC2)n(C)n1. The van der Waals surface area contributed by atoms with E-state index in [0.717, 1.165) is 18.5 Å². The van der Waals surface area contributed by atoms with Crippen LogP contribution in [0.3, 0.4) is 0 Å². The first-order valence-electron chi connectivity index (χ1n) is 5.73. The van der Waals surface area contributed by atoms with E-state index in [1.54, 1.807) is 0 Å². The first-order valence-corrected chi connectivity index (χ1v) is 5.73. The van der Waals surface area contributed by atoms with Crippen LogP contribution in [0.5, 0.6) is 0 Å². The number of hydrogen-bond acceptors (Lipinski definition) is 2. The van der Waals surface area contributed by atoms with E-state index in [1.165, 1.54) is 5.69 Å². The molecule has 2 N–H and O–H groups in total. The Kier molecular flexibility index (Phi) is 2.38. The van der Waals surface area contributed by atoms with Crippen molar-refractivity contribution in [3.63, 3.8) is 0 Å². The van der Waals surface area contributed by atoms with Gasteiger partial charge in [-0.2, -0.15) is 5.10 Å². The number of nitrogens with two attached hydrogens (primary N) is 1. The van der Waals surface area contributed by atoms with Crippen molar-refractivity contribution < 1.29 is 0 Å². The van der Waals surface area contributed by atoms with E-state index in [9.17, 15) is 0 Å². The molecular weight excluding hydrogens is 186 g/mol. The smallest absolute Gasteiger partial charge is 0.0596 e. The van der Waals surface area contributed by atoms with Crippen LogP contribution in [-0.2, 0) is 7.05 Å². The van der Waals surface area contributed by atoms with Crippen molar-refractivity contribution in [2.75, 3.05) is 0 Å². The van der Waals surface area contributed by atoms with Gasteiger partial charge in [0.25, 0.3) is 0 Å². The van der Waals surface area contributed by atoms with Crippen molar-refractivity contribution in [1.82, 2.24) is 9.78 Å². The lowest BCUT2D eigenvalue weighted by molar-refractivity contribution is 0.382. The van der Waals surface area contributed by atoms with E-state index in [1.807, 2.05) is 18.7 Å². The Morgan fingerprint density at radius 2 is 2.07 bits per heavy atom. The number of aromatic nitrogens is 2. The second kappa shape index (κ2) is 3.34. The Balaban J connectivity index is 2.37. The van der Waals surface area contributed by atoms with Crippen LogP contribution in [0.4, 0.5) is 0 Å². The molecule has 3 heteroatoms. The maximum absolute atomic E-state index is 6.36. The zero-order valence-corrected chi connectivity index (χ0v) is 10.1. The topological polar surface area (TPSA) is 43.8 Å². The van der Waals surface area contributed by atoms with Gasteiger partial charge in [-0.1, -0.05) is 13.8 Å². The van der Waals surface area contributed by atoms with E-state index >= 15 is 0 Å². The third-order valence-corrected chi connectivity index (χ3v) is 3.47. The van der Waals surface area contributed by atoms with Crippen molar-refractivity contribution in [2.24, 2.45) is 18.7 Å². The van der Waals surface area contributed by atoms with Crippen molar-refractivity contribution in [3.8, 4) is 0 Å². The summed E-state index contributed by atoms with van der Waals surface area (Å²) >= 11 is 0. The molecule has 0 saturated heterocycles. The van der Waals surface area contributed by atoms with Gasteiger partial charge in [-0.3, -0.25) is 4.68 Å². The lowest BCUT2D eigenvalue weighted by Crippen LogP contribution is -2.35. The third kappa shape index (κ3) is 1.81. The van der Waals surface area contributed by atoms with Crippen LogP contribution in [0.25, 0.3) is 0 Å². The molecule has 1 heterocycles. The molecule has 0 aromatic carbocycles. The van der Waals surface area contributed by atoms with Crippen molar-refractivity contribution >= 4 is 0 Å². The highest BCUT2D eigenvalue weighted by Gasteiger charge is 2.48. The molecule has 1 atom stereocenters. The Labute approximate surface area is 91.7 Å². The number of aryl methyl sites for hydroxylation is 2. The first kappa shape index (κ1) is 10.7. The second-order valence-electron chi connectivity index (χ2n) is 5.29. The Bertz CT molecular complexity index is 361. The summed E-state index contributed by atoms with van der Waals surface area (Å²) in [5.41, 5.74) is 8.78. The molecule has 0 aliphatic heterocycles. The molecule has 1 aromatic heterocycles. The summed E-state index contributed by atoms with van der Waals surface area (Å²) in [5.74, 6) is 1.02. The summed E-state index contributed by atoms with van der Waals surface area (Å²) in [6.07, 6.45) is 2.31. The van der Waals surface area contributed by atoms with Gasteiger partial charge in [0.1, 0.15) is 0 Å². The van der Waals surface area contributed by atoms with Gasteiger partial charge in [-0.05, 0) is 31.7 Å². The highest BCUT2D eigenvalue weighted by atomic mass is 15.3. The summed E-state index contributed by atoms with van der Waals surface area (Å²) < 4.78 is 1.99. The Morgan fingerprint density at radius 1 is 1.47 bits per heavy atom. The van der Waals surface area contributed by atoms with Crippen molar-refractivity contribution in [3.05, 3.63) is 17.5 Å². The molecule has 84 valence electrons. The van der Waals surface area contributed by atoms with Crippen LogP contribution in [0, 0.1) is 12.8 Å². The minimum absolute atomic E-state index is 0.0361. The van der Waals surface area contributed by atoms with Gasteiger partial charge in [0, 0.05) is 24.2 Å². The summed E-state index contributed by atoms with van der Waals surface area (Å²) in [4.78, 5) is 0. The third-order valence-electron chi connectivity index (χ3n) is 3.47. The first-order chi connectivity index (χ1) is 6.94. The van der Waals surface area contributed by atoms with Crippen LogP contribution in [-0.4, -0.2) is 15.3 Å². The quantitative estimate of drug-likeness (QED) is 0.823. The summed E-state index contributed by atoms with van der Waals surface area (Å²) in [6, 6.07) is 2.18. The van der Waals surface area contributed by atoms with E-state index < -0.39 is 0 Å². The Morgan fingerprint density at radius 3 is 2.40 bits per heavy atom. The Hall–Kier alpha value is -0.830. The molecule has 1 fully saturated rings. The van der Waals surface area contributed by atoms with Gasteiger partial charge in [-0.15, -0.1) is 0 Å². The highest BCUT2D eigenvalue weighted by Crippen LogP contribution is 2.48. The molecule has 0 spiro atoms. The zero-order valence-electron chi connectivity index (χ0n) is 10.1. The van der Waals surface area contributed by atoms with Gasteiger partial charge in [-0.25, -0.2) is 0 Å². The molecule has 3 nitrogen and oxygen atoms in total. The lowest BCUT2D eigenvalue weighted by atomic mass is 9.84. The van der Waals surface area contributed by atoms with E-state index in [4.69, 9.17) is 5.73 Å². The maximum Gasteiger partial charge on any atom is 0.0596 e. The molecule has 1 aliphatic carbocycles. The fraction of sp³-hybridized carbons (Fsp3) is 0.750. The summed E-state index contributed by atoms with van der Waals surface area (Å²) in [7, 11) is 2.02. The van der Waals surface area contributed by atoms with Crippen LogP contribution in [0.2, 0.25) is 0 Å². The maximum atomic E-state index is 6.36. The molecule has 1 aliphatic rings. The van der Waals surface area contributed by atoms with Gasteiger partial charge < -0.3 is 5.73 Å². The predicted octanol–water partition coefficient (Wildman–Crippen LogP) is 1.96. The molecule has 0 amide bonds. The second-order valence-corrected chi connectivity index (χ2v) is 5.29. The molecule has 0 bridgehead atoms. The molecule has 1 aromatic rings. The van der Waals surface area contributed by atoms with Gasteiger partial charge in [0.15, 0.2) is 0 Å². The molecule has 2 rings (SSSR count). The minimum Gasteiger partial charge on any atom is -0.324 e. The highest BCUT2D eigenvalue weighted by molar-refractivity contribution is 5.24. The fourth-order valence-corrected chi connectivity index (χ4v) is 2.68. The average molecular weight is 207 g/mol. The number of nitrogens with zero attached hydrogens (tertiary/aromatic N) is 2. The monoisotopic (exact) mass is 207 g/mol. The summed E-state index contributed by atoms with van der Waals surface area (Å²) in [6.45, 7) is 6.54. The lowest BCUT2D eigenvalue weighted by Gasteiger charge is -2.27.